The molecule has 0 fully saturated rings. The topological polar surface area (TPSA) is 20.2 Å². The van der Waals surface area contributed by atoms with Crippen LogP contribution < -0.4 is 15.9 Å². The lowest BCUT2D eigenvalue weighted by Gasteiger charge is -2.21. The van der Waals surface area contributed by atoms with Crippen LogP contribution >= 0.6 is 7.92 Å². The van der Waals surface area contributed by atoms with Crippen LogP contribution in [0.5, 0.6) is 5.75 Å². The quantitative estimate of drug-likeness (QED) is 0.705. The van der Waals surface area contributed by atoms with E-state index in [1.807, 2.05) is 0 Å². The maximum Gasteiger partial charge on any atom is 0.115 e. The van der Waals surface area contributed by atoms with Crippen molar-refractivity contribution in [2.45, 2.75) is 27.7 Å². The third-order valence-corrected chi connectivity index (χ3v) is 6.40. The van der Waals surface area contributed by atoms with Crippen molar-refractivity contribution in [1.29, 1.82) is 0 Å². The molecule has 0 saturated heterocycles. The highest BCUT2D eigenvalue weighted by atomic mass is 31.1. The summed E-state index contributed by atoms with van der Waals surface area (Å²) >= 11 is 0. The molecule has 0 saturated carbocycles. The van der Waals surface area contributed by atoms with Crippen molar-refractivity contribution in [2.75, 3.05) is 0 Å². The monoisotopic (exact) mass is 334 g/mol. The second-order valence-electron chi connectivity index (χ2n) is 6.54. The molecular weight excluding hydrogens is 311 g/mol. The van der Waals surface area contributed by atoms with E-state index in [-0.39, 0.29) is 0 Å². The van der Waals surface area contributed by atoms with Gasteiger partial charge in [0.25, 0.3) is 0 Å². The van der Waals surface area contributed by atoms with Gasteiger partial charge in [0, 0.05) is 0 Å². The fourth-order valence-electron chi connectivity index (χ4n) is 3.21. The third kappa shape index (κ3) is 3.68. The van der Waals surface area contributed by atoms with Crippen LogP contribution in [0.3, 0.4) is 0 Å². The van der Waals surface area contributed by atoms with E-state index in [1.165, 1.54) is 38.2 Å². The number of hydrogen-bond donors (Lipinski definition) is 1. The summed E-state index contributed by atoms with van der Waals surface area (Å²) in [6.45, 7) is 8.62. The maximum atomic E-state index is 9.66. The van der Waals surface area contributed by atoms with E-state index in [4.69, 9.17) is 0 Å². The first kappa shape index (κ1) is 16.7. The van der Waals surface area contributed by atoms with Crippen LogP contribution in [0.25, 0.3) is 0 Å². The zero-order chi connectivity index (χ0) is 17.3. The Balaban J connectivity index is 2.21. The second-order valence-corrected chi connectivity index (χ2v) is 8.76. The van der Waals surface area contributed by atoms with Gasteiger partial charge in [-0.3, -0.25) is 0 Å². The van der Waals surface area contributed by atoms with Gasteiger partial charge in [-0.25, -0.2) is 0 Å². The fraction of sp³-hybridized carbons (Fsp3) is 0.182. The van der Waals surface area contributed by atoms with E-state index in [2.05, 4.69) is 76.2 Å². The lowest BCUT2D eigenvalue weighted by atomic mass is 10.2. The fourth-order valence-corrected chi connectivity index (χ4v) is 5.88. The smallest absolute Gasteiger partial charge is 0.115 e. The number of phenolic OH excluding ortho intramolecular Hbond substituents is 1. The van der Waals surface area contributed by atoms with Crippen molar-refractivity contribution in [3.05, 3.63) is 82.9 Å². The molecule has 0 aliphatic carbocycles. The largest absolute Gasteiger partial charge is 0.508 e. The van der Waals surface area contributed by atoms with Gasteiger partial charge in [-0.2, -0.15) is 0 Å². The molecule has 1 N–H and O–H groups in total. The van der Waals surface area contributed by atoms with E-state index >= 15 is 0 Å². The summed E-state index contributed by atoms with van der Waals surface area (Å²) in [6, 6.07) is 21.3. The van der Waals surface area contributed by atoms with Crippen LogP contribution in [-0.2, 0) is 0 Å². The standard InChI is InChI=1S/C22H23OP/c1-15-9-16(2)12-21(11-15)24(20-7-5-19(23)6-8-20)22-13-17(3)10-18(4)14-22/h5-14,23H,1-4H3. The minimum atomic E-state index is -0.634. The summed E-state index contributed by atoms with van der Waals surface area (Å²) in [4.78, 5) is 0. The SMILES string of the molecule is Cc1cc(C)cc(P(c2ccc(O)cc2)c2cc(C)cc(C)c2)c1. The third-order valence-electron chi connectivity index (χ3n) is 4.04. The van der Waals surface area contributed by atoms with Crippen molar-refractivity contribution >= 4 is 23.8 Å². The molecule has 1 nitrogen and oxygen atoms in total. The maximum absolute atomic E-state index is 9.66. The van der Waals surface area contributed by atoms with Gasteiger partial charge in [-0.05, 0) is 63.7 Å². The van der Waals surface area contributed by atoms with Crippen LogP contribution in [0.4, 0.5) is 0 Å². The zero-order valence-corrected chi connectivity index (χ0v) is 15.6. The molecule has 0 atom stereocenters. The predicted molar refractivity (Wildman–Crippen MR) is 106 cm³/mol. The van der Waals surface area contributed by atoms with Crippen molar-refractivity contribution in [3.8, 4) is 5.75 Å². The van der Waals surface area contributed by atoms with Crippen molar-refractivity contribution in [3.63, 3.8) is 0 Å². The van der Waals surface area contributed by atoms with Gasteiger partial charge in [0.05, 0.1) is 0 Å². The molecule has 0 bridgehead atoms. The number of rotatable bonds is 3. The second kappa shape index (κ2) is 6.79. The molecule has 0 heterocycles. The minimum absolute atomic E-state index is 0.314. The van der Waals surface area contributed by atoms with Crippen molar-refractivity contribution in [2.24, 2.45) is 0 Å². The van der Waals surface area contributed by atoms with Crippen LogP contribution in [0, 0.1) is 27.7 Å². The first-order valence-electron chi connectivity index (χ1n) is 8.18. The molecule has 0 aliphatic heterocycles. The van der Waals surface area contributed by atoms with E-state index in [1.54, 1.807) is 12.1 Å². The molecule has 2 heteroatoms. The molecule has 0 amide bonds. The normalized spacial score (nSPS) is 11.0. The molecule has 3 rings (SSSR count). The molecule has 3 aromatic carbocycles. The molecule has 122 valence electrons. The number of aryl methyl sites for hydroxylation is 4. The van der Waals surface area contributed by atoms with E-state index in [0.29, 0.717) is 5.75 Å². The summed E-state index contributed by atoms with van der Waals surface area (Å²) < 4.78 is 0. The Morgan fingerprint density at radius 1 is 0.542 bits per heavy atom. The molecule has 0 radical (unpaired) electrons. The van der Waals surface area contributed by atoms with Gasteiger partial charge in [-0.15, -0.1) is 0 Å². The van der Waals surface area contributed by atoms with Crippen LogP contribution in [0.1, 0.15) is 22.3 Å². The molecule has 0 unspecified atom stereocenters. The van der Waals surface area contributed by atoms with E-state index < -0.39 is 7.92 Å². The van der Waals surface area contributed by atoms with E-state index in [9.17, 15) is 5.11 Å². The van der Waals surface area contributed by atoms with Gasteiger partial charge in [0.1, 0.15) is 5.75 Å². The summed E-state index contributed by atoms with van der Waals surface area (Å²) in [7, 11) is -0.634. The van der Waals surface area contributed by atoms with E-state index in [0.717, 1.165) is 0 Å². The highest BCUT2D eigenvalue weighted by Gasteiger charge is 2.18. The average Bonchev–Trinajstić information content (AvgIpc) is 2.47. The number of benzene rings is 3. The summed E-state index contributed by atoms with van der Waals surface area (Å²) in [5.41, 5.74) is 5.17. The molecular formula is C22H23OP. The Morgan fingerprint density at radius 2 is 0.917 bits per heavy atom. The first-order chi connectivity index (χ1) is 11.4. The average molecular weight is 334 g/mol. The van der Waals surface area contributed by atoms with Gasteiger partial charge >= 0.3 is 0 Å². The van der Waals surface area contributed by atoms with Crippen LogP contribution in [0.15, 0.2) is 60.7 Å². The highest BCUT2D eigenvalue weighted by molar-refractivity contribution is 7.79. The Labute approximate surface area is 145 Å². The lowest BCUT2D eigenvalue weighted by molar-refractivity contribution is 0.475. The number of hydrogen-bond acceptors (Lipinski definition) is 1. The number of aromatic hydroxyl groups is 1. The van der Waals surface area contributed by atoms with Gasteiger partial charge in [0.2, 0.25) is 0 Å². The Morgan fingerprint density at radius 3 is 1.29 bits per heavy atom. The molecule has 0 aromatic heterocycles. The zero-order valence-electron chi connectivity index (χ0n) is 14.7. The van der Waals surface area contributed by atoms with Crippen molar-refractivity contribution < 1.29 is 5.11 Å². The molecule has 24 heavy (non-hydrogen) atoms. The highest BCUT2D eigenvalue weighted by Crippen LogP contribution is 2.34. The Hall–Kier alpha value is -2.11. The van der Waals surface area contributed by atoms with Gasteiger partial charge in [-0.1, -0.05) is 70.8 Å². The van der Waals surface area contributed by atoms with Crippen LogP contribution in [0.2, 0.25) is 0 Å². The van der Waals surface area contributed by atoms with Gasteiger partial charge in [0.15, 0.2) is 0 Å². The van der Waals surface area contributed by atoms with Crippen molar-refractivity contribution in [1.82, 2.24) is 0 Å². The summed E-state index contributed by atoms with van der Waals surface area (Å²) in [6.07, 6.45) is 0. The Bertz CT molecular complexity index is 774. The predicted octanol–water partition coefficient (Wildman–Crippen LogP) is 4.38. The molecule has 0 aliphatic rings. The Kier molecular flexibility index (Phi) is 4.73. The lowest BCUT2D eigenvalue weighted by Crippen LogP contribution is -2.21. The van der Waals surface area contributed by atoms with Gasteiger partial charge < -0.3 is 5.11 Å². The van der Waals surface area contributed by atoms with Crippen LogP contribution in [-0.4, -0.2) is 5.11 Å². The molecule has 3 aromatic rings. The minimum Gasteiger partial charge on any atom is -0.508 e. The molecule has 0 spiro atoms. The summed E-state index contributed by atoms with van der Waals surface area (Å²) in [5.74, 6) is 0.314. The number of phenols is 1. The first-order valence-corrected chi connectivity index (χ1v) is 9.52. The summed E-state index contributed by atoms with van der Waals surface area (Å²) in [5, 5.41) is 13.6.